The number of unbranched alkanes of at least 4 members (excludes halogenated alkanes) is 2. The summed E-state index contributed by atoms with van der Waals surface area (Å²) in [5, 5.41) is 0. The molecule has 2 N–H and O–H groups in total. The van der Waals surface area contributed by atoms with E-state index in [2.05, 4.69) is 48.0 Å². The second-order valence-electron chi connectivity index (χ2n) is 4.13. The molecule has 1 aromatic carbocycles. The van der Waals surface area contributed by atoms with E-state index in [-0.39, 0.29) is 6.04 Å². The van der Waals surface area contributed by atoms with Crippen LogP contribution >= 0.6 is 15.9 Å². The van der Waals surface area contributed by atoms with Gasteiger partial charge in [-0.3, -0.25) is 0 Å². The molecule has 1 atom stereocenters. The molecular weight excluding hydrogens is 250 g/mol. The van der Waals surface area contributed by atoms with E-state index in [1.807, 2.05) is 0 Å². The van der Waals surface area contributed by atoms with Crippen molar-refractivity contribution in [3.63, 3.8) is 0 Å². The lowest BCUT2D eigenvalue weighted by Gasteiger charge is -2.14. The van der Waals surface area contributed by atoms with Gasteiger partial charge in [-0.15, -0.1) is 0 Å². The molecule has 2 heteroatoms. The van der Waals surface area contributed by atoms with Crippen molar-refractivity contribution in [1.82, 2.24) is 0 Å². The molecule has 0 fully saturated rings. The van der Waals surface area contributed by atoms with E-state index in [0.29, 0.717) is 0 Å². The van der Waals surface area contributed by atoms with Gasteiger partial charge in [0.2, 0.25) is 0 Å². The van der Waals surface area contributed by atoms with Crippen LogP contribution in [0, 0.1) is 6.92 Å². The lowest BCUT2D eigenvalue weighted by molar-refractivity contribution is 0.580. The van der Waals surface area contributed by atoms with Crippen LogP contribution in [0.5, 0.6) is 0 Å². The molecule has 0 saturated carbocycles. The fourth-order valence-electron chi connectivity index (χ4n) is 1.70. The van der Waals surface area contributed by atoms with E-state index in [4.69, 9.17) is 5.73 Å². The van der Waals surface area contributed by atoms with Crippen LogP contribution in [0.4, 0.5) is 0 Å². The summed E-state index contributed by atoms with van der Waals surface area (Å²) in [5.41, 5.74) is 8.66. The van der Waals surface area contributed by atoms with Crippen LogP contribution in [0.25, 0.3) is 0 Å². The first-order chi connectivity index (χ1) is 7.15. The molecule has 0 unspecified atom stereocenters. The summed E-state index contributed by atoms with van der Waals surface area (Å²) in [6.07, 6.45) is 4.83. The normalized spacial score (nSPS) is 12.8. The molecule has 0 aliphatic heterocycles. The molecule has 15 heavy (non-hydrogen) atoms. The van der Waals surface area contributed by atoms with E-state index in [1.165, 1.54) is 30.4 Å². The molecule has 0 aliphatic rings. The van der Waals surface area contributed by atoms with Crippen LogP contribution in [-0.4, -0.2) is 0 Å². The Labute approximate surface area is 101 Å². The predicted molar refractivity (Wildman–Crippen MR) is 69.9 cm³/mol. The summed E-state index contributed by atoms with van der Waals surface area (Å²) in [5.74, 6) is 0. The van der Waals surface area contributed by atoms with Crippen molar-refractivity contribution >= 4 is 15.9 Å². The Hall–Kier alpha value is -0.340. The zero-order valence-electron chi connectivity index (χ0n) is 9.59. The molecule has 1 nitrogen and oxygen atoms in total. The zero-order valence-corrected chi connectivity index (χ0v) is 11.2. The van der Waals surface area contributed by atoms with Gasteiger partial charge < -0.3 is 5.73 Å². The third kappa shape index (κ3) is 3.96. The van der Waals surface area contributed by atoms with E-state index in [9.17, 15) is 0 Å². The van der Waals surface area contributed by atoms with Crippen molar-refractivity contribution in [3.8, 4) is 0 Å². The van der Waals surface area contributed by atoms with Crippen LogP contribution < -0.4 is 5.73 Å². The number of hydrogen-bond donors (Lipinski definition) is 1. The maximum Gasteiger partial charge on any atom is 0.0306 e. The fourth-order valence-corrected chi connectivity index (χ4v) is 2.49. The first kappa shape index (κ1) is 12.7. The molecule has 84 valence electrons. The first-order valence-electron chi connectivity index (χ1n) is 5.66. The van der Waals surface area contributed by atoms with E-state index >= 15 is 0 Å². The maximum atomic E-state index is 6.16. The van der Waals surface area contributed by atoms with Crippen molar-refractivity contribution in [2.24, 2.45) is 5.73 Å². The molecule has 0 spiro atoms. The summed E-state index contributed by atoms with van der Waals surface area (Å²) in [6.45, 7) is 4.31. The number of halogens is 1. The molecule has 0 bridgehead atoms. The Morgan fingerprint density at radius 2 is 2.07 bits per heavy atom. The summed E-state index contributed by atoms with van der Waals surface area (Å²) in [7, 11) is 0. The lowest BCUT2D eigenvalue weighted by atomic mass is 10.0. The van der Waals surface area contributed by atoms with Crippen molar-refractivity contribution in [2.45, 2.75) is 45.6 Å². The molecule has 0 aliphatic carbocycles. The highest BCUT2D eigenvalue weighted by atomic mass is 79.9. The Morgan fingerprint density at radius 3 is 2.67 bits per heavy atom. The third-order valence-electron chi connectivity index (χ3n) is 2.67. The number of benzene rings is 1. The highest BCUT2D eigenvalue weighted by molar-refractivity contribution is 9.10. The number of aryl methyl sites for hydroxylation is 1. The van der Waals surface area contributed by atoms with Gasteiger partial charge in [0.15, 0.2) is 0 Å². The van der Waals surface area contributed by atoms with Gasteiger partial charge in [-0.05, 0) is 30.5 Å². The second-order valence-corrected chi connectivity index (χ2v) is 4.98. The average Bonchev–Trinajstić information content (AvgIpc) is 2.17. The monoisotopic (exact) mass is 269 g/mol. The second kappa shape index (κ2) is 6.29. The van der Waals surface area contributed by atoms with E-state index in [1.54, 1.807) is 0 Å². The minimum Gasteiger partial charge on any atom is -0.324 e. The van der Waals surface area contributed by atoms with Crippen LogP contribution in [-0.2, 0) is 0 Å². The number of hydrogen-bond acceptors (Lipinski definition) is 1. The minimum absolute atomic E-state index is 0.173. The quantitative estimate of drug-likeness (QED) is 0.791. The van der Waals surface area contributed by atoms with Crippen LogP contribution in [0.15, 0.2) is 22.7 Å². The Bertz CT molecular complexity index is 309. The minimum atomic E-state index is 0.173. The lowest BCUT2D eigenvalue weighted by Crippen LogP contribution is -2.10. The van der Waals surface area contributed by atoms with Crippen molar-refractivity contribution in [3.05, 3.63) is 33.8 Å². The topological polar surface area (TPSA) is 26.0 Å². The summed E-state index contributed by atoms with van der Waals surface area (Å²) in [4.78, 5) is 0. The first-order valence-corrected chi connectivity index (χ1v) is 6.46. The van der Waals surface area contributed by atoms with Gasteiger partial charge in [0, 0.05) is 10.5 Å². The highest BCUT2D eigenvalue weighted by Gasteiger charge is 2.09. The third-order valence-corrected chi connectivity index (χ3v) is 3.36. The number of rotatable bonds is 5. The number of nitrogens with two attached hydrogens (primary N) is 1. The van der Waals surface area contributed by atoms with Crippen LogP contribution in [0.3, 0.4) is 0 Å². The van der Waals surface area contributed by atoms with Crippen molar-refractivity contribution in [1.29, 1.82) is 0 Å². The van der Waals surface area contributed by atoms with Gasteiger partial charge in [0.1, 0.15) is 0 Å². The van der Waals surface area contributed by atoms with Crippen molar-refractivity contribution in [2.75, 3.05) is 0 Å². The average molecular weight is 270 g/mol. The Kier molecular flexibility index (Phi) is 5.34. The molecule has 0 heterocycles. The standard InChI is InChI=1S/C13H20BrN/c1-3-4-5-6-13(15)11-8-7-10(2)9-12(11)14/h7-9,13H,3-6,15H2,1-2H3/t13-/m0/s1. The molecule has 0 radical (unpaired) electrons. The highest BCUT2D eigenvalue weighted by Crippen LogP contribution is 2.26. The maximum absolute atomic E-state index is 6.16. The van der Waals surface area contributed by atoms with Gasteiger partial charge in [-0.1, -0.05) is 54.2 Å². The molecule has 1 aromatic rings. The Balaban J connectivity index is 2.61. The van der Waals surface area contributed by atoms with Gasteiger partial charge in [0.05, 0.1) is 0 Å². The molecular formula is C13H20BrN. The molecule has 1 rings (SSSR count). The molecule has 0 amide bonds. The van der Waals surface area contributed by atoms with Gasteiger partial charge in [0.25, 0.3) is 0 Å². The van der Waals surface area contributed by atoms with Crippen LogP contribution in [0.1, 0.15) is 49.8 Å². The van der Waals surface area contributed by atoms with Crippen LogP contribution in [0.2, 0.25) is 0 Å². The predicted octanol–water partition coefficient (Wildman–Crippen LogP) is 4.34. The SMILES string of the molecule is CCCCC[C@H](N)c1ccc(C)cc1Br. The van der Waals surface area contributed by atoms with Gasteiger partial charge in [-0.25, -0.2) is 0 Å². The van der Waals surface area contributed by atoms with Crippen molar-refractivity contribution < 1.29 is 0 Å². The van der Waals surface area contributed by atoms with E-state index < -0.39 is 0 Å². The summed E-state index contributed by atoms with van der Waals surface area (Å²) < 4.78 is 1.14. The fraction of sp³-hybridized carbons (Fsp3) is 0.538. The van der Waals surface area contributed by atoms with E-state index in [0.717, 1.165) is 10.9 Å². The Morgan fingerprint density at radius 1 is 1.33 bits per heavy atom. The summed E-state index contributed by atoms with van der Waals surface area (Å²) in [6, 6.07) is 6.57. The van der Waals surface area contributed by atoms with Gasteiger partial charge in [-0.2, -0.15) is 0 Å². The molecule has 0 aromatic heterocycles. The van der Waals surface area contributed by atoms with Gasteiger partial charge >= 0.3 is 0 Å². The molecule has 0 saturated heterocycles. The zero-order chi connectivity index (χ0) is 11.3. The summed E-state index contributed by atoms with van der Waals surface area (Å²) >= 11 is 3.58. The largest absolute Gasteiger partial charge is 0.324 e. The smallest absolute Gasteiger partial charge is 0.0306 e.